The summed E-state index contributed by atoms with van der Waals surface area (Å²) in [4.78, 5) is 0. The van der Waals surface area contributed by atoms with E-state index in [0.29, 0.717) is 0 Å². The molecule has 0 unspecified atom stereocenters. The average Bonchev–Trinajstić information content (AvgIpc) is 2.85. The molecule has 0 spiro atoms. The first-order valence-electron chi connectivity index (χ1n) is 4.96. The summed E-state index contributed by atoms with van der Waals surface area (Å²) in [6.07, 6.45) is 6.21. The molecule has 0 aromatic carbocycles. The van der Waals surface area contributed by atoms with Gasteiger partial charge in [0.25, 0.3) is 0 Å². The predicted molar refractivity (Wildman–Crippen MR) is 50.8 cm³/mol. The lowest BCUT2D eigenvalue weighted by atomic mass is 9.95. The van der Waals surface area contributed by atoms with Crippen LogP contribution in [0.3, 0.4) is 0 Å². The van der Waals surface area contributed by atoms with Crippen LogP contribution < -0.4 is 0 Å². The maximum Gasteiger partial charge on any atom is 0.205 e. The van der Waals surface area contributed by atoms with E-state index in [2.05, 4.69) is 5.16 Å². The fraction of sp³-hybridized carbons (Fsp3) is 0.364. The Morgan fingerprint density at radius 2 is 2.14 bits per heavy atom. The standard InChI is InChI=1S/C11H11NO2/c1-2-5-9-8(4-1)11(14-12-9)10-6-3-7-13-10/h3,6-7H,1-2,4-5H2. The molecule has 0 aliphatic heterocycles. The van der Waals surface area contributed by atoms with Crippen molar-refractivity contribution in [2.75, 3.05) is 0 Å². The van der Waals surface area contributed by atoms with Crippen molar-refractivity contribution in [1.29, 1.82) is 0 Å². The third-order valence-corrected chi connectivity index (χ3v) is 2.70. The summed E-state index contributed by atoms with van der Waals surface area (Å²) in [5.41, 5.74) is 2.36. The topological polar surface area (TPSA) is 39.2 Å². The largest absolute Gasteiger partial charge is 0.461 e. The van der Waals surface area contributed by atoms with Gasteiger partial charge in [0.1, 0.15) is 0 Å². The zero-order valence-electron chi connectivity index (χ0n) is 7.82. The van der Waals surface area contributed by atoms with Gasteiger partial charge in [-0.3, -0.25) is 0 Å². The molecule has 0 amide bonds. The van der Waals surface area contributed by atoms with Gasteiger partial charge in [-0.15, -0.1) is 0 Å². The number of aromatic nitrogens is 1. The Bertz CT molecular complexity index is 428. The molecule has 0 saturated carbocycles. The Hall–Kier alpha value is -1.51. The SMILES string of the molecule is c1coc(-c2onc3c2CCCC3)c1. The molecule has 1 aliphatic rings. The van der Waals surface area contributed by atoms with Crippen LogP contribution in [0.1, 0.15) is 24.1 Å². The lowest BCUT2D eigenvalue weighted by Crippen LogP contribution is -2.00. The maximum atomic E-state index is 5.32. The summed E-state index contributed by atoms with van der Waals surface area (Å²) in [6.45, 7) is 0. The Morgan fingerprint density at radius 1 is 1.21 bits per heavy atom. The molecule has 0 atom stereocenters. The summed E-state index contributed by atoms with van der Waals surface area (Å²) in [5.74, 6) is 1.62. The van der Waals surface area contributed by atoms with Crippen LogP contribution >= 0.6 is 0 Å². The number of hydrogen-bond donors (Lipinski definition) is 0. The number of rotatable bonds is 1. The number of aryl methyl sites for hydroxylation is 1. The number of hydrogen-bond acceptors (Lipinski definition) is 3. The van der Waals surface area contributed by atoms with E-state index < -0.39 is 0 Å². The average molecular weight is 189 g/mol. The van der Waals surface area contributed by atoms with Gasteiger partial charge < -0.3 is 8.94 Å². The van der Waals surface area contributed by atoms with E-state index in [4.69, 9.17) is 8.94 Å². The predicted octanol–water partition coefficient (Wildman–Crippen LogP) is 2.81. The zero-order valence-corrected chi connectivity index (χ0v) is 7.82. The van der Waals surface area contributed by atoms with E-state index in [1.807, 2.05) is 12.1 Å². The highest BCUT2D eigenvalue weighted by Gasteiger charge is 2.21. The molecule has 3 nitrogen and oxygen atoms in total. The molecule has 2 heterocycles. The van der Waals surface area contributed by atoms with Crippen LogP contribution in [0.25, 0.3) is 11.5 Å². The summed E-state index contributed by atoms with van der Waals surface area (Å²) in [6, 6.07) is 3.78. The highest BCUT2D eigenvalue weighted by atomic mass is 16.5. The quantitative estimate of drug-likeness (QED) is 0.692. The fourth-order valence-corrected chi connectivity index (χ4v) is 1.99. The molecule has 2 aromatic rings. The Kier molecular flexibility index (Phi) is 1.69. The first-order valence-corrected chi connectivity index (χ1v) is 4.96. The van der Waals surface area contributed by atoms with Crippen LogP contribution in [-0.4, -0.2) is 5.16 Å². The Balaban J connectivity index is 2.11. The first-order chi connectivity index (χ1) is 6.95. The molecule has 0 bridgehead atoms. The van der Waals surface area contributed by atoms with Crippen molar-refractivity contribution in [3.05, 3.63) is 29.7 Å². The second kappa shape index (κ2) is 3.01. The number of fused-ring (bicyclic) bond motifs is 1. The lowest BCUT2D eigenvalue weighted by molar-refractivity contribution is 0.410. The molecular weight excluding hydrogens is 178 g/mol. The fourth-order valence-electron chi connectivity index (χ4n) is 1.99. The zero-order chi connectivity index (χ0) is 9.38. The molecule has 0 saturated heterocycles. The molecule has 0 N–H and O–H groups in total. The lowest BCUT2D eigenvalue weighted by Gasteiger charge is -2.07. The molecular formula is C11H11NO2. The smallest absolute Gasteiger partial charge is 0.205 e. The van der Waals surface area contributed by atoms with Crippen molar-refractivity contribution < 1.29 is 8.94 Å². The minimum atomic E-state index is 0.792. The van der Waals surface area contributed by atoms with Crippen LogP contribution in [0.5, 0.6) is 0 Å². The van der Waals surface area contributed by atoms with Crippen molar-refractivity contribution in [3.8, 4) is 11.5 Å². The monoisotopic (exact) mass is 189 g/mol. The summed E-state index contributed by atoms with van der Waals surface area (Å²) >= 11 is 0. The van der Waals surface area contributed by atoms with E-state index in [9.17, 15) is 0 Å². The second-order valence-electron chi connectivity index (χ2n) is 3.62. The minimum absolute atomic E-state index is 0.792. The summed E-state index contributed by atoms with van der Waals surface area (Å²) in [5, 5.41) is 4.08. The highest BCUT2D eigenvalue weighted by Crippen LogP contribution is 2.31. The van der Waals surface area contributed by atoms with Gasteiger partial charge in [0.15, 0.2) is 5.76 Å². The van der Waals surface area contributed by atoms with Gasteiger partial charge in [0.05, 0.1) is 12.0 Å². The van der Waals surface area contributed by atoms with Crippen molar-refractivity contribution in [1.82, 2.24) is 5.16 Å². The van der Waals surface area contributed by atoms with Crippen LogP contribution in [0.2, 0.25) is 0 Å². The Morgan fingerprint density at radius 3 is 3.00 bits per heavy atom. The third-order valence-electron chi connectivity index (χ3n) is 2.70. The van der Waals surface area contributed by atoms with E-state index in [1.165, 1.54) is 18.4 Å². The van der Waals surface area contributed by atoms with Crippen LogP contribution in [-0.2, 0) is 12.8 Å². The van der Waals surface area contributed by atoms with Crippen molar-refractivity contribution >= 4 is 0 Å². The van der Waals surface area contributed by atoms with Gasteiger partial charge >= 0.3 is 0 Å². The van der Waals surface area contributed by atoms with E-state index in [0.717, 1.165) is 30.1 Å². The summed E-state index contributed by atoms with van der Waals surface area (Å²) in [7, 11) is 0. The van der Waals surface area contributed by atoms with Gasteiger partial charge in [0, 0.05) is 5.56 Å². The van der Waals surface area contributed by atoms with Crippen molar-refractivity contribution in [2.24, 2.45) is 0 Å². The summed E-state index contributed by atoms with van der Waals surface area (Å²) < 4.78 is 10.6. The van der Waals surface area contributed by atoms with Crippen LogP contribution in [0, 0.1) is 0 Å². The molecule has 1 aliphatic carbocycles. The normalized spacial score (nSPS) is 15.4. The number of nitrogens with zero attached hydrogens (tertiary/aromatic N) is 1. The van der Waals surface area contributed by atoms with Gasteiger partial charge in [-0.2, -0.15) is 0 Å². The molecule has 14 heavy (non-hydrogen) atoms. The molecule has 0 fully saturated rings. The van der Waals surface area contributed by atoms with E-state index >= 15 is 0 Å². The van der Waals surface area contributed by atoms with Crippen molar-refractivity contribution in [3.63, 3.8) is 0 Å². The second-order valence-corrected chi connectivity index (χ2v) is 3.62. The van der Waals surface area contributed by atoms with Gasteiger partial charge in [-0.05, 0) is 37.8 Å². The number of furan rings is 1. The third kappa shape index (κ3) is 1.09. The minimum Gasteiger partial charge on any atom is -0.461 e. The molecule has 72 valence electrons. The maximum absolute atomic E-state index is 5.32. The molecule has 2 aromatic heterocycles. The van der Waals surface area contributed by atoms with E-state index in [1.54, 1.807) is 6.26 Å². The molecule has 3 rings (SSSR count). The van der Waals surface area contributed by atoms with Crippen molar-refractivity contribution in [2.45, 2.75) is 25.7 Å². The van der Waals surface area contributed by atoms with Gasteiger partial charge in [0.2, 0.25) is 5.76 Å². The Labute approximate surface area is 81.7 Å². The van der Waals surface area contributed by atoms with Crippen LogP contribution in [0.4, 0.5) is 0 Å². The highest BCUT2D eigenvalue weighted by molar-refractivity contribution is 5.56. The first kappa shape index (κ1) is 7.85. The van der Waals surface area contributed by atoms with Gasteiger partial charge in [-0.1, -0.05) is 5.16 Å². The molecule has 3 heteroatoms. The van der Waals surface area contributed by atoms with Gasteiger partial charge in [-0.25, -0.2) is 0 Å². The molecule has 0 radical (unpaired) electrons. The van der Waals surface area contributed by atoms with Crippen LogP contribution in [0.15, 0.2) is 27.3 Å². The van der Waals surface area contributed by atoms with E-state index in [-0.39, 0.29) is 0 Å².